The van der Waals surface area contributed by atoms with Gasteiger partial charge in [0.25, 0.3) is 0 Å². The molecule has 0 amide bonds. The zero-order chi connectivity index (χ0) is 17.7. The lowest BCUT2D eigenvalue weighted by atomic mass is 9.87. The third-order valence-electron chi connectivity index (χ3n) is 6.04. The molecule has 1 aliphatic carbocycles. The zero-order valence-electron chi connectivity index (χ0n) is 14.7. The highest BCUT2D eigenvalue weighted by Crippen LogP contribution is 2.49. The van der Waals surface area contributed by atoms with Crippen LogP contribution in [0.2, 0.25) is 0 Å². The summed E-state index contributed by atoms with van der Waals surface area (Å²) < 4.78 is 20.4. The van der Waals surface area contributed by atoms with Crippen LogP contribution in [0.4, 0.5) is 4.39 Å². The van der Waals surface area contributed by atoms with Gasteiger partial charge in [0.05, 0.1) is 18.8 Å². The molecule has 2 heterocycles. The topological polar surface area (TPSA) is 29.5 Å². The van der Waals surface area contributed by atoms with Crippen LogP contribution >= 0.6 is 0 Å². The Kier molecular flexibility index (Phi) is 3.91. The Bertz CT molecular complexity index is 865. The van der Waals surface area contributed by atoms with E-state index in [1.165, 1.54) is 11.1 Å². The molecule has 0 N–H and O–H groups in total. The van der Waals surface area contributed by atoms with Crippen LogP contribution in [0, 0.1) is 5.82 Å². The van der Waals surface area contributed by atoms with Crippen molar-refractivity contribution >= 4 is 5.78 Å². The molecule has 3 atom stereocenters. The van der Waals surface area contributed by atoms with Crippen LogP contribution in [0.3, 0.4) is 0 Å². The normalized spacial score (nSPS) is 27.7. The first-order chi connectivity index (χ1) is 12.7. The molecule has 0 radical (unpaired) electrons. The highest BCUT2D eigenvalue weighted by molar-refractivity contribution is 5.82. The smallest absolute Gasteiger partial charge is 0.148 e. The minimum absolute atomic E-state index is 0.0816. The van der Waals surface area contributed by atoms with E-state index in [-0.39, 0.29) is 23.9 Å². The van der Waals surface area contributed by atoms with E-state index >= 15 is 0 Å². The minimum Gasteiger partial charge on any atom is -0.368 e. The summed E-state index contributed by atoms with van der Waals surface area (Å²) in [6, 6.07) is 13.6. The number of fused-ring (bicyclic) bond motifs is 5. The molecule has 134 valence electrons. The number of halogens is 1. The van der Waals surface area contributed by atoms with Crippen molar-refractivity contribution < 1.29 is 13.9 Å². The fourth-order valence-electron chi connectivity index (χ4n) is 4.85. The molecule has 5 rings (SSSR count). The van der Waals surface area contributed by atoms with Gasteiger partial charge in [-0.2, -0.15) is 0 Å². The number of likely N-dealkylation sites (tertiary alicyclic amines) is 1. The fourth-order valence-corrected chi connectivity index (χ4v) is 4.85. The predicted molar refractivity (Wildman–Crippen MR) is 96.7 cm³/mol. The van der Waals surface area contributed by atoms with E-state index in [2.05, 4.69) is 29.2 Å². The molecule has 2 saturated heterocycles. The summed E-state index contributed by atoms with van der Waals surface area (Å²) in [4.78, 5) is 13.8. The summed E-state index contributed by atoms with van der Waals surface area (Å²) in [5.74, 6) is 0.359. The predicted octanol–water partition coefficient (Wildman–Crippen LogP) is 3.62. The number of hydrogen-bond donors (Lipinski definition) is 0. The molecular weight excluding hydrogens is 329 g/mol. The first-order valence-electron chi connectivity index (χ1n) is 9.43. The summed E-state index contributed by atoms with van der Waals surface area (Å²) in [5.41, 5.74) is 4.79. The number of carbonyl (C=O) groups is 1. The molecule has 3 aliphatic rings. The fraction of sp³-hybridized carbons (Fsp3) is 0.409. The second kappa shape index (κ2) is 6.29. The third kappa shape index (κ3) is 2.78. The highest BCUT2D eigenvalue weighted by atomic mass is 19.1. The number of nitrogens with zero attached hydrogens (tertiary/aromatic N) is 1. The number of ether oxygens (including phenoxy) is 1. The second-order valence-electron chi connectivity index (χ2n) is 7.76. The monoisotopic (exact) mass is 351 g/mol. The highest BCUT2D eigenvalue weighted by Gasteiger charge is 2.41. The quantitative estimate of drug-likeness (QED) is 0.828. The maximum atomic E-state index is 14.0. The van der Waals surface area contributed by atoms with Crippen LogP contribution in [0.15, 0.2) is 42.5 Å². The van der Waals surface area contributed by atoms with Gasteiger partial charge in [-0.3, -0.25) is 9.69 Å². The molecule has 0 unspecified atom stereocenters. The number of ketones is 1. The van der Waals surface area contributed by atoms with Gasteiger partial charge in [0.15, 0.2) is 0 Å². The summed E-state index contributed by atoms with van der Waals surface area (Å²) in [7, 11) is 0. The maximum absolute atomic E-state index is 14.0. The molecule has 2 aliphatic heterocycles. The molecule has 0 bridgehead atoms. The van der Waals surface area contributed by atoms with Gasteiger partial charge in [-0.1, -0.05) is 30.3 Å². The summed E-state index contributed by atoms with van der Waals surface area (Å²) in [5, 5.41) is 0. The minimum atomic E-state index is -0.203. The van der Waals surface area contributed by atoms with Gasteiger partial charge in [0, 0.05) is 25.4 Å². The zero-order valence-corrected chi connectivity index (χ0v) is 14.7. The van der Waals surface area contributed by atoms with Crippen molar-refractivity contribution in [1.82, 2.24) is 4.90 Å². The molecular formula is C22H22FNO2. The molecule has 2 fully saturated rings. The first kappa shape index (κ1) is 16.2. The Morgan fingerprint density at radius 2 is 1.96 bits per heavy atom. The van der Waals surface area contributed by atoms with Crippen molar-refractivity contribution in [3.63, 3.8) is 0 Å². The lowest BCUT2D eigenvalue weighted by molar-refractivity contribution is -0.117. The Morgan fingerprint density at radius 1 is 1.12 bits per heavy atom. The van der Waals surface area contributed by atoms with Crippen LogP contribution in [-0.2, 0) is 16.0 Å². The van der Waals surface area contributed by atoms with Gasteiger partial charge in [-0.15, -0.1) is 0 Å². The Labute approximate surface area is 152 Å². The van der Waals surface area contributed by atoms with Crippen molar-refractivity contribution in [2.45, 2.75) is 37.4 Å². The van der Waals surface area contributed by atoms with Crippen LogP contribution in [0.5, 0.6) is 0 Å². The number of Topliss-reactive ketones (excluding diaryl/α,β-unsaturated/α-hetero) is 1. The summed E-state index contributed by atoms with van der Waals surface area (Å²) in [6.07, 6.45) is 2.37. The lowest BCUT2D eigenvalue weighted by Crippen LogP contribution is -2.30. The summed E-state index contributed by atoms with van der Waals surface area (Å²) in [6.45, 7) is 2.15. The number of rotatable bonds is 2. The standard InChI is InChI=1S/C22H22FNO2/c23-16-6-5-15-9-14-3-1-2-4-19(14)21-11-18(26-22(21)20(15)10-16)13-24-8-7-17(25)12-24/h1-6,10,18,21-22H,7-9,11-13H2/t18-,21-,22-/m0/s1. The molecule has 2 aromatic rings. The SMILES string of the molecule is O=C1CCN(C[C@@H]2C[C@H]3c4ccccc4Cc4ccc(F)cc4[C@@H]3O2)C1. The number of benzene rings is 2. The van der Waals surface area contributed by atoms with Crippen LogP contribution in [0.1, 0.15) is 47.1 Å². The van der Waals surface area contributed by atoms with Crippen molar-refractivity contribution in [2.24, 2.45) is 0 Å². The van der Waals surface area contributed by atoms with E-state index < -0.39 is 0 Å². The maximum Gasteiger partial charge on any atom is 0.148 e. The average Bonchev–Trinajstić information content (AvgIpc) is 3.20. The molecule has 0 aromatic heterocycles. The van der Waals surface area contributed by atoms with Crippen molar-refractivity contribution in [3.05, 3.63) is 70.5 Å². The average molecular weight is 351 g/mol. The van der Waals surface area contributed by atoms with E-state index in [0.29, 0.717) is 18.7 Å². The van der Waals surface area contributed by atoms with Gasteiger partial charge >= 0.3 is 0 Å². The summed E-state index contributed by atoms with van der Waals surface area (Å²) >= 11 is 0. The number of hydrogen-bond acceptors (Lipinski definition) is 3. The van der Waals surface area contributed by atoms with Crippen LogP contribution in [-0.4, -0.2) is 36.4 Å². The Balaban J connectivity index is 1.50. The van der Waals surface area contributed by atoms with Gasteiger partial charge in [0.1, 0.15) is 11.6 Å². The van der Waals surface area contributed by atoms with E-state index in [1.54, 1.807) is 12.1 Å². The van der Waals surface area contributed by atoms with Gasteiger partial charge in [-0.25, -0.2) is 4.39 Å². The lowest BCUT2D eigenvalue weighted by Gasteiger charge is -2.21. The number of carbonyl (C=O) groups excluding carboxylic acids is 1. The molecule has 4 heteroatoms. The molecule has 0 saturated carbocycles. The molecule has 3 nitrogen and oxygen atoms in total. The Morgan fingerprint density at radius 3 is 2.81 bits per heavy atom. The molecule has 2 aromatic carbocycles. The van der Waals surface area contributed by atoms with Gasteiger partial charge < -0.3 is 4.74 Å². The molecule has 0 spiro atoms. The van der Waals surface area contributed by atoms with Crippen LogP contribution in [0.25, 0.3) is 0 Å². The van der Waals surface area contributed by atoms with Crippen LogP contribution < -0.4 is 0 Å². The Hall–Kier alpha value is -2.04. The largest absolute Gasteiger partial charge is 0.368 e. The van der Waals surface area contributed by atoms with Crippen molar-refractivity contribution in [1.29, 1.82) is 0 Å². The second-order valence-corrected chi connectivity index (χ2v) is 7.76. The molecule has 26 heavy (non-hydrogen) atoms. The van der Waals surface area contributed by atoms with E-state index in [4.69, 9.17) is 4.74 Å². The van der Waals surface area contributed by atoms with Crippen molar-refractivity contribution in [3.8, 4) is 0 Å². The van der Waals surface area contributed by atoms with E-state index in [9.17, 15) is 9.18 Å². The van der Waals surface area contributed by atoms with Crippen molar-refractivity contribution in [2.75, 3.05) is 19.6 Å². The van der Waals surface area contributed by atoms with E-state index in [1.807, 2.05) is 6.07 Å². The third-order valence-corrected chi connectivity index (χ3v) is 6.04. The first-order valence-corrected chi connectivity index (χ1v) is 9.43. The van der Waals surface area contributed by atoms with Gasteiger partial charge in [-0.05, 0) is 47.2 Å². The van der Waals surface area contributed by atoms with Gasteiger partial charge in [0.2, 0.25) is 0 Å². The van der Waals surface area contributed by atoms with E-state index in [0.717, 1.165) is 37.1 Å².